The topological polar surface area (TPSA) is 84.5 Å². The van der Waals surface area contributed by atoms with Gasteiger partial charge in [0.2, 0.25) is 5.91 Å². The molecule has 0 radical (unpaired) electrons. The molecule has 3 heterocycles. The van der Waals surface area contributed by atoms with Gasteiger partial charge in [-0.05, 0) is 53.6 Å². The number of nitrogens with zero attached hydrogens (tertiary/aromatic N) is 1. The molecule has 0 spiro atoms. The number of hydrogen-bond donors (Lipinski definition) is 2. The summed E-state index contributed by atoms with van der Waals surface area (Å²) in [5.74, 6) is -0.846. The lowest BCUT2D eigenvalue weighted by Crippen LogP contribution is -2.13. The molecular formula is C29H21FN2O4. The number of aromatic carboxylic acids is 1. The summed E-state index contributed by atoms with van der Waals surface area (Å²) in [6.45, 7) is 0.466. The van der Waals surface area contributed by atoms with Gasteiger partial charge in [-0.3, -0.25) is 4.79 Å². The number of aromatic nitrogens is 1. The molecule has 7 heteroatoms. The maximum Gasteiger partial charge on any atom is 0.336 e. The Morgan fingerprint density at radius 1 is 1.06 bits per heavy atom. The first kappa shape index (κ1) is 21.9. The summed E-state index contributed by atoms with van der Waals surface area (Å²) in [5, 5.41) is 13.5. The number of carboxylic acids is 1. The average molecular weight is 480 g/mol. The van der Waals surface area contributed by atoms with E-state index in [0.29, 0.717) is 23.6 Å². The maximum atomic E-state index is 13.8. The van der Waals surface area contributed by atoms with Crippen molar-refractivity contribution in [1.29, 1.82) is 0 Å². The van der Waals surface area contributed by atoms with Gasteiger partial charge in [-0.2, -0.15) is 0 Å². The van der Waals surface area contributed by atoms with Crippen LogP contribution in [0.15, 0.2) is 89.5 Å². The highest BCUT2D eigenvalue weighted by atomic mass is 19.1. The highest BCUT2D eigenvalue weighted by Gasteiger charge is 2.30. The molecule has 36 heavy (non-hydrogen) atoms. The fourth-order valence-corrected chi connectivity index (χ4v) is 5.04. The Labute approximate surface area is 205 Å². The van der Waals surface area contributed by atoms with Crippen LogP contribution < -0.4 is 5.32 Å². The van der Waals surface area contributed by atoms with Gasteiger partial charge in [0.25, 0.3) is 0 Å². The smallest absolute Gasteiger partial charge is 0.336 e. The Bertz CT molecular complexity index is 1650. The standard InChI is InChI=1S/C29H21FN2O4/c30-18-6-3-5-17(13-18)15-32-16-22-21(14-27(33)31-23-9-4-10-24(32)28(22)23)26-12-11-25(36-26)19-7-1-2-8-20(19)29(34)35/h1-13,16,21H,14-15H2,(H,31,33)(H,34,35)/t21-/m0/s1. The van der Waals surface area contributed by atoms with E-state index in [1.165, 1.54) is 18.2 Å². The molecule has 0 bridgehead atoms. The number of anilines is 1. The summed E-state index contributed by atoms with van der Waals surface area (Å²) in [5.41, 5.74) is 4.00. The second-order valence-electron chi connectivity index (χ2n) is 8.90. The van der Waals surface area contributed by atoms with Crippen LogP contribution in [0.4, 0.5) is 10.1 Å². The Morgan fingerprint density at radius 3 is 2.72 bits per heavy atom. The van der Waals surface area contributed by atoms with Crippen LogP contribution in [0.25, 0.3) is 22.2 Å². The van der Waals surface area contributed by atoms with E-state index in [2.05, 4.69) is 9.88 Å². The van der Waals surface area contributed by atoms with E-state index in [9.17, 15) is 19.1 Å². The predicted molar refractivity (Wildman–Crippen MR) is 134 cm³/mol. The minimum absolute atomic E-state index is 0.135. The van der Waals surface area contributed by atoms with Crippen molar-refractivity contribution in [3.05, 3.63) is 113 Å². The normalized spacial score (nSPS) is 15.0. The zero-order valence-corrected chi connectivity index (χ0v) is 19.1. The van der Waals surface area contributed by atoms with Gasteiger partial charge in [0.1, 0.15) is 17.3 Å². The summed E-state index contributed by atoms with van der Waals surface area (Å²) in [7, 11) is 0. The Kier molecular flexibility index (Phi) is 5.18. The van der Waals surface area contributed by atoms with Gasteiger partial charge < -0.3 is 19.4 Å². The number of rotatable bonds is 5. The molecule has 1 amide bonds. The van der Waals surface area contributed by atoms with Crippen molar-refractivity contribution in [2.24, 2.45) is 0 Å². The molecule has 2 N–H and O–H groups in total. The molecule has 1 atom stereocenters. The first-order valence-corrected chi connectivity index (χ1v) is 11.6. The molecule has 0 fully saturated rings. The van der Waals surface area contributed by atoms with Crippen molar-refractivity contribution in [3.63, 3.8) is 0 Å². The maximum absolute atomic E-state index is 13.8. The third-order valence-corrected chi connectivity index (χ3v) is 6.61. The van der Waals surface area contributed by atoms with E-state index < -0.39 is 5.97 Å². The third kappa shape index (κ3) is 3.75. The van der Waals surface area contributed by atoms with Crippen molar-refractivity contribution >= 4 is 28.5 Å². The minimum Gasteiger partial charge on any atom is -0.478 e. The van der Waals surface area contributed by atoms with Gasteiger partial charge in [0, 0.05) is 30.1 Å². The molecule has 1 aliphatic heterocycles. The van der Waals surface area contributed by atoms with Gasteiger partial charge in [-0.15, -0.1) is 0 Å². The number of amides is 1. The van der Waals surface area contributed by atoms with Crippen molar-refractivity contribution in [2.75, 3.05) is 5.32 Å². The van der Waals surface area contributed by atoms with Gasteiger partial charge >= 0.3 is 5.97 Å². The molecule has 0 saturated heterocycles. The SMILES string of the molecule is O=C1C[C@H](c2ccc(-c3ccccc3C(=O)O)o2)c2cn(Cc3cccc(F)c3)c3cccc(c23)N1. The van der Waals surface area contributed by atoms with Gasteiger partial charge in [-0.25, -0.2) is 9.18 Å². The van der Waals surface area contributed by atoms with E-state index >= 15 is 0 Å². The highest BCUT2D eigenvalue weighted by molar-refractivity contribution is 6.06. The Hall–Kier alpha value is -4.65. The molecule has 2 aromatic heterocycles. The molecule has 0 aliphatic carbocycles. The Balaban J connectivity index is 1.47. The molecule has 178 valence electrons. The molecule has 1 aliphatic rings. The van der Waals surface area contributed by atoms with Crippen molar-refractivity contribution in [2.45, 2.75) is 18.9 Å². The average Bonchev–Trinajstić information content (AvgIpc) is 3.45. The molecule has 0 saturated carbocycles. The van der Waals surface area contributed by atoms with Gasteiger partial charge in [-0.1, -0.05) is 36.4 Å². The zero-order chi connectivity index (χ0) is 24.8. The summed E-state index contributed by atoms with van der Waals surface area (Å²) >= 11 is 0. The summed E-state index contributed by atoms with van der Waals surface area (Å²) < 4.78 is 22.1. The highest BCUT2D eigenvalue weighted by Crippen LogP contribution is 2.42. The van der Waals surface area contributed by atoms with Crippen molar-refractivity contribution in [1.82, 2.24) is 4.57 Å². The van der Waals surface area contributed by atoms with Crippen LogP contribution in [-0.4, -0.2) is 21.6 Å². The summed E-state index contributed by atoms with van der Waals surface area (Å²) in [6, 6.07) is 22.4. The third-order valence-electron chi connectivity index (χ3n) is 6.61. The number of benzene rings is 3. The Morgan fingerprint density at radius 2 is 1.89 bits per heavy atom. The van der Waals surface area contributed by atoms with Crippen LogP contribution >= 0.6 is 0 Å². The fraction of sp³-hybridized carbons (Fsp3) is 0.103. The second-order valence-corrected chi connectivity index (χ2v) is 8.90. The number of halogens is 1. The number of hydrogen-bond acceptors (Lipinski definition) is 3. The molecule has 5 aromatic rings. The first-order chi connectivity index (χ1) is 17.5. The van der Waals surface area contributed by atoms with E-state index in [1.54, 1.807) is 36.4 Å². The van der Waals surface area contributed by atoms with Crippen molar-refractivity contribution in [3.8, 4) is 11.3 Å². The lowest BCUT2D eigenvalue weighted by Gasteiger charge is -2.11. The first-order valence-electron chi connectivity index (χ1n) is 11.6. The van der Waals surface area contributed by atoms with Crippen LogP contribution in [-0.2, 0) is 11.3 Å². The second kappa shape index (κ2) is 8.53. The predicted octanol–water partition coefficient (Wildman–Crippen LogP) is 6.26. The van der Waals surface area contributed by atoms with Crippen LogP contribution in [0, 0.1) is 5.82 Å². The summed E-state index contributed by atoms with van der Waals surface area (Å²) in [6.07, 6.45) is 2.17. The van der Waals surface area contributed by atoms with Crippen LogP contribution in [0.1, 0.15) is 39.6 Å². The number of carbonyl (C=O) groups is 2. The van der Waals surface area contributed by atoms with Crippen LogP contribution in [0.5, 0.6) is 0 Å². The number of carboxylic acid groups (broad SMARTS) is 1. The zero-order valence-electron chi connectivity index (χ0n) is 19.1. The lowest BCUT2D eigenvalue weighted by atomic mass is 9.93. The van der Waals surface area contributed by atoms with Gasteiger partial charge in [0.05, 0.1) is 22.7 Å². The molecule has 0 unspecified atom stereocenters. The molecule has 6 nitrogen and oxygen atoms in total. The molecular weight excluding hydrogens is 459 g/mol. The molecule has 3 aromatic carbocycles. The number of nitrogens with one attached hydrogen (secondary N) is 1. The minimum atomic E-state index is -1.04. The van der Waals surface area contributed by atoms with Crippen molar-refractivity contribution < 1.29 is 23.5 Å². The van der Waals surface area contributed by atoms with E-state index in [4.69, 9.17) is 4.42 Å². The lowest BCUT2D eigenvalue weighted by molar-refractivity contribution is -0.116. The van der Waals surface area contributed by atoms with Gasteiger partial charge in [0.15, 0.2) is 0 Å². The van der Waals surface area contributed by atoms with E-state index in [0.717, 1.165) is 27.7 Å². The summed E-state index contributed by atoms with van der Waals surface area (Å²) in [4.78, 5) is 24.5. The van der Waals surface area contributed by atoms with Crippen LogP contribution in [0.2, 0.25) is 0 Å². The van der Waals surface area contributed by atoms with Crippen LogP contribution in [0.3, 0.4) is 0 Å². The largest absolute Gasteiger partial charge is 0.478 e. The molecule has 6 rings (SSSR count). The quantitative estimate of drug-likeness (QED) is 0.311. The number of furan rings is 1. The van der Waals surface area contributed by atoms with E-state index in [-0.39, 0.29) is 29.6 Å². The van der Waals surface area contributed by atoms with E-state index in [1.807, 2.05) is 30.5 Å². The monoisotopic (exact) mass is 480 g/mol. The fourth-order valence-electron chi connectivity index (χ4n) is 5.04. The number of carbonyl (C=O) groups excluding carboxylic acids is 1.